The smallest absolute Gasteiger partial charge is 0.222 e. The number of anilines is 3. The van der Waals surface area contributed by atoms with Crippen LogP contribution in [0.25, 0.3) is 0 Å². The average molecular weight is 353 g/mol. The molecule has 0 amide bonds. The lowest BCUT2D eigenvalue weighted by atomic mass is 10.0. The summed E-state index contributed by atoms with van der Waals surface area (Å²) in [6.45, 7) is 9.70. The summed E-state index contributed by atoms with van der Waals surface area (Å²) >= 11 is 0. The fourth-order valence-corrected chi connectivity index (χ4v) is 3.85. The molecule has 2 aliphatic heterocycles. The van der Waals surface area contributed by atoms with E-state index in [1.165, 1.54) is 16.8 Å². The molecule has 1 atom stereocenters. The van der Waals surface area contributed by atoms with E-state index in [9.17, 15) is 0 Å². The van der Waals surface area contributed by atoms with E-state index in [0.29, 0.717) is 11.9 Å². The molecule has 0 unspecified atom stereocenters. The standard InChI is InChI=1S/C20H27N5O/c1-14-3-4-15(2)18(11-14)24-6-8-25(9-7-24)19-12-17(22-20(21)23-19)16-5-10-26-13-16/h3-4,11-12,16H,5-10,13H2,1-2H3,(H2,21,22,23)/t16-/m1/s1. The van der Waals surface area contributed by atoms with Gasteiger partial charge in [-0.3, -0.25) is 0 Å². The number of hydrogen-bond acceptors (Lipinski definition) is 6. The van der Waals surface area contributed by atoms with Crippen LogP contribution in [0.15, 0.2) is 24.3 Å². The predicted octanol–water partition coefficient (Wildman–Crippen LogP) is 2.51. The van der Waals surface area contributed by atoms with Gasteiger partial charge in [0.15, 0.2) is 0 Å². The molecule has 2 N–H and O–H groups in total. The highest BCUT2D eigenvalue weighted by atomic mass is 16.5. The first kappa shape index (κ1) is 17.1. The Morgan fingerprint density at radius 2 is 1.81 bits per heavy atom. The van der Waals surface area contributed by atoms with Crippen molar-refractivity contribution in [1.29, 1.82) is 0 Å². The Labute approximate surface area is 155 Å². The molecule has 0 spiro atoms. The summed E-state index contributed by atoms with van der Waals surface area (Å²) in [7, 11) is 0. The van der Waals surface area contributed by atoms with Crippen molar-refractivity contribution in [2.75, 3.05) is 54.9 Å². The van der Waals surface area contributed by atoms with Gasteiger partial charge in [0.25, 0.3) is 0 Å². The Balaban J connectivity index is 1.48. The Bertz CT molecular complexity index is 780. The molecule has 138 valence electrons. The van der Waals surface area contributed by atoms with Crippen molar-refractivity contribution in [3.63, 3.8) is 0 Å². The minimum Gasteiger partial charge on any atom is -0.381 e. The number of ether oxygens (including phenoxy) is 1. The molecule has 4 rings (SSSR count). The first-order valence-corrected chi connectivity index (χ1v) is 9.39. The van der Waals surface area contributed by atoms with Crippen molar-refractivity contribution in [1.82, 2.24) is 9.97 Å². The van der Waals surface area contributed by atoms with E-state index in [4.69, 9.17) is 10.5 Å². The van der Waals surface area contributed by atoms with Gasteiger partial charge in [0.2, 0.25) is 5.95 Å². The SMILES string of the molecule is Cc1ccc(C)c(N2CCN(c3cc([C@@H]4CCOC4)nc(N)n3)CC2)c1. The largest absolute Gasteiger partial charge is 0.381 e. The highest BCUT2D eigenvalue weighted by Gasteiger charge is 2.24. The van der Waals surface area contributed by atoms with Crippen molar-refractivity contribution in [2.24, 2.45) is 0 Å². The van der Waals surface area contributed by atoms with Crippen molar-refractivity contribution in [2.45, 2.75) is 26.2 Å². The zero-order chi connectivity index (χ0) is 18.1. The molecule has 0 bridgehead atoms. The van der Waals surface area contributed by atoms with E-state index < -0.39 is 0 Å². The lowest BCUT2D eigenvalue weighted by Crippen LogP contribution is -2.47. The second-order valence-corrected chi connectivity index (χ2v) is 7.33. The summed E-state index contributed by atoms with van der Waals surface area (Å²) in [6, 6.07) is 8.76. The van der Waals surface area contributed by atoms with Crippen LogP contribution in [-0.4, -0.2) is 49.4 Å². The molecular weight excluding hydrogens is 326 g/mol. The minimum absolute atomic E-state index is 0.343. The van der Waals surface area contributed by atoms with Crippen LogP contribution in [0.3, 0.4) is 0 Å². The Morgan fingerprint density at radius 3 is 2.54 bits per heavy atom. The first-order valence-electron chi connectivity index (χ1n) is 9.39. The molecule has 26 heavy (non-hydrogen) atoms. The van der Waals surface area contributed by atoms with Crippen LogP contribution in [-0.2, 0) is 4.74 Å². The molecule has 2 aromatic rings. The molecule has 3 heterocycles. The van der Waals surface area contributed by atoms with Gasteiger partial charge in [0, 0.05) is 50.5 Å². The van der Waals surface area contributed by atoms with Crippen LogP contribution in [0, 0.1) is 13.8 Å². The maximum Gasteiger partial charge on any atom is 0.222 e. The minimum atomic E-state index is 0.343. The van der Waals surface area contributed by atoms with Gasteiger partial charge in [0.1, 0.15) is 5.82 Å². The maximum atomic E-state index is 5.99. The lowest BCUT2D eigenvalue weighted by molar-refractivity contribution is 0.193. The van der Waals surface area contributed by atoms with Crippen LogP contribution < -0.4 is 15.5 Å². The van der Waals surface area contributed by atoms with E-state index in [0.717, 1.165) is 57.3 Å². The topological polar surface area (TPSA) is 67.5 Å². The third-order valence-electron chi connectivity index (χ3n) is 5.41. The monoisotopic (exact) mass is 353 g/mol. The number of hydrogen-bond donors (Lipinski definition) is 1. The van der Waals surface area contributed by atoms with Crippen LogP contribution in [0.5, 0.6) is 0 Å². The molecule has 6 nitrogen and oxygen atoms in total. The first-order chi connectivity index (χ1) is 12.6. The number of nitrogen functional groups attached to an aromatic ring is 1. The van der Waals surface area contributed by atoms with E-state index >= 15 is 0 Å². The van der Waals surface area contributed by atoms with Crippen molar-refractivity contribution in [3.05, 3.63) is 41.1 Å². The lowest BCUT2D eigenvalue weighted by Gasteiger charge is -2.37. The number of aryl methyl sites for hydroxylation is 2. The fourth-order valence-electron chi connectivity index (χ4n) is 3.85. The molecule has 0 aliphatic carbocycles. The number of nitrogens with two attached hydrogens (primary N) is 1. The quantitative estimate of drug-likeness (QED) is 0.914. The van der Waals surface area contributed by atoms with Gasteiger partial charge < -0.3 is 20.3 Å². The summed E-state index contributed by atoms with van der Waals surface area (Å²) in [5.41, 5.74) is 11.0. The summed E-state index contributed by atoms with van der Waals surface area (Å²) < 4.78 is 5.50. The fraction of sp³-hybridized carbons (Fsp3) is 0.500. The zero-order valence-corrected chi connectivity index (χ0v) is 15.6. The van der Waals surface area contributed by atoms with Crippen LogP contribution in [0.2, 0.25) is 0 Å². The molecule has 2 aliphatic rings. The van der Waals surface area contributed by atoms with E-state index in [1.807, 2.05) is 0 Å². The van der Waals surface area contributed by atoms with Crippen LogP contribution >= 0.6 is 0 Å². The number of rotatable bonds is 3. The van der Waals surface area contributed by atoms with Crippen LogP contribution in [0.1, 0.15) is 29.2 Å². The van der Waals surface area contributed by atoms with Crippen molar-refractivity contribution in [3.8, 4) is 0 Å². The van der Waals surface area contributed by atoms with Gasteiger partial charge in [-0.15, -0.1) is 0 Å². The normalized spacial score (nSPS) is 20.6. The Hall–Kier alpha value is -2.34. The molecule has 0 saturated carbocycles. The molecular formula is C20H27N5O. The highest BCUT2D eigenvalue weighted by molar-refractivity contribution is 5.56. The molecule has 2 saturated heterocycles. The summed E-state index contributed by atoms with van der Waals surface area (Å²) in [5.74, 6) is 1.65. The molecule has 1 aromatic carbocycles. The second-order valence-electron chi connectivity index (χ2n) is 7.33. The van der Waals surface area contributed by atoms with E-state index in [1.54, 1.807) is 0 Å². The third kappa shape index (κ3) is 3.46. The number of aromatic nitrogens is 2. The van der Waals surface area contributed by atoms with Crippen LogP contribution in [0.4, 0.5) is 17.5 Å². The number of nitrogens with zero attached hydrogens (tertiary/aromatic N) is 4. The number of benzene rings is 1. The highest BCUT2D eigenvalue weighted by Crippen LogP contribution is 2.28. The van der Waals surface area contributed by atoms with Gasteiger partial charge in [-0.05, 0) is 37.5 Å². The zero-order valence-electron chi connectivity index (χ0n) is 15.6. The Kier molecular flexibility index (Phi) is 4.68. The molecule has 6 heteroatoms. The van der Waals surface area contributed by atoms with Gasteiger partial charge in [0.05, 0.1) is 12.3 Å². The maximum absolute atomic E-state index is 5.99. The predicted molar refractivity (Wildman–Crippen MR) is 105 cm³/mol. The van der Waals surface area contributed by atoms with Gasteiger partial charge in [-0.1, -0.05) is 12.1 Å². The van der Waals surface area contributed by atoms with Crippen molar-refractivity contribution < 1.29 is 4.74 Å². The van der Waals surface area contributed by atoms with Crippen molar-refractivity contribution >= 4 is 17.5 Å². The van der Waals surface area contributed by atoms with Gasteiger partial charge >= 0.3 is 0 Å². The molecule has 2 fully saturated rings. The summed E-state index contributed by atoms with van der Waals surface area (Å²) in [4.78, 5) is 13.7. The average Bonchev–Trinajstić information content (AvgIpc) is 3.18. The second kappa shape index (κ2) is 7.11. The molecule has 0 radical (unpaired) electrons. The van der Waals surface area contributed by atoms with E-state index in [-0.39, 0.29) is 0 Å². The number of piperazine rings is 1. The third-order valence-corrected chi connectivity index (χ3v) is 5.41. The van der Waals surface area contributed by atoms with Gasteiger partial charge in [-0.25, -0.2) is 4.98 Å². The molecule has 1 aromatic heterocycles. The Morgan fingerprint density at radius 1 is 1.04 bits per heavy atom. The summed E-state index contributed by atoms with van der Waals surface area (Å²) in [5, 5.41) is 0. The van der Waals surface area contributed by atoms with E-state index in [2.05, 4.69) is 57.9 Å². The summed E-state index contributed by atoms with van der Waals surface area (Å²) in [6.07, 6.45) is 1.01. The van der Waals surface area contributed by atoms with Gasteiger partial charge in [-0.2, -0.15) is 4.98 Å².